The first-order chi connectivity index (χ1) is 11.6. The number of carbonyl (C=O) groups is 2. The quantitative estimate of drug-likeness (QED) is 0.847. The molecule has 0 unspecified atom stereocenters. The van der Waals surface area contributed by atoms with Crippen molar-refractivity contribution < 1.29 is 14.3 Å². The van der Waals surface area contributed by atoms with Crippen LogP contribution in [0.2, 0.25) is 0 Å². The molecule has 1 fully saturated rings. The molecule has 1 saturated carbocycles. The van der Waals surface area contributed by atoms with Crippen molar-refractivity contribution in [3.05, 3.63) is 42.6 Å². The van der Waals surface area contributed by atoms with Crippen LogP contribution in [0.3, 0.4) is 0 Å². The number of rotatable bonds is 5. The van der Waals surface area contributed by atoms with E-state index < -0.39 is 5.54 Å². The van der Waals surface area contributed by atoms with Crippen LogP contribution in [-0.4, -0.2) is 38.6 Å². The van der Waals surface area contributed by atoms with Crippen LogP contribution in [0.4, 0.5) is 0 Å². The average molecular weight is 328 g/mol. The molecule has 0 spiro atoms. The zero-order valence-corrected chi connectivity index (χ0v) is 13.6. The molecule has 126 valence electrons. The number of pyridine rings is 1. The minimum absolute atomic E-state index is 0.297. The fourth-order valence-corrected chi connectivity index (χ4v) is 3.01. The molecule has 7 nitrogen and oxygen atoms in total. The summed E-state index contributed by atoms with van der Waals surface area (Å²) in [4.78, 5) is 33.2. The molecule has 0 radical (unpaired) electrons. The number of imidazole rings is 1. The molecule has 0 aliphatic heterocycles. The minimum Gasteiger partial charge on any atom is -0.464 e. The maximum atomic E-state index is 12.7. The van der Waals surface area contributed by atoms with E-state index in [0.717, 1.165) is 12.8 Å². The Labute approximate surface area is 140 Å². The maximum Gasteiger partial charge on any atom is 0.331 e. The van der Waals surface area contributed by atoms with Gasteiger partial charge in [-0.05, 0) is 31.9 Å². The van der Waals surface area contributed by atoms with Gasteiger partial charge in [0.2, 0.25) is 0 Å². The van der Waals surface area contributed by atoms with E-state index in [2.05, 4.69) is 15.3 Å². The molecule has 2 aromatic rings. The summed E-state index contributed by atoms with van der Waals surface area (Å²) >= 11 is 0. The predicted octanol–water partition coefficient (Wildman–Crippen LogP) is 1.87. The minimum atomic E-state index is -0.911. The third-order valence-corrected chi connectivity index (χ3v) is 4.25. The lowest BCUT2D eigenvalue weighted by Gasteiger charge is -2.27. The van der Waals surface area contributed by atoms with E-state index >= 15 is 0 Å². The van der Waals surface area contributed by atoms with Crippen LogP contribution in [0.15, 0.2) is 37.1 Å². The van der Waals surface area contributed by atoms with Crippen molar-refractivity contribution >= 4 is 11.9 Å². The van der Waals surface area contributed by atoms with Crippen molar-refractivity contribution in [2.75, 3.05) is 6.61 Å². The molecule has 2 heterocycles. The molecule has 24 heavy (non-hydrogen) atoms. The summed E-state index contributed by atoms with van der Waals surface area (Å²) in [5, 5.41) is 2.90. The van der Waals surface area contributed by atoms with E-state index in [1.165, 1.54) is 0 Å². The van der Waals surface area contributed by atoms with Crippen LogP contribution >= 0.6 is 0 Å². The summed E-state index contributed by atoms with van der Waals surface area (Å²) < 4.78 is 6.89. The SMILES string of the molecule is CCOC(=O)C1(NC(=O)c2ccnc(-n3ccnc3)c2)CCCC1. The van der Waals surface area contributed by atoms with Crippen molar-refractivity contribution in [1.29, 1.82) is 0 Å². The molecular formula is C17H20N4O3. The number of esters is 1. The van der Waals surface area contributed by atoms with E-state index in [1.54, 1.807) is 48.5 Å². The number of nitrogens with zero attached hydrogens (tertiary/aromatic N) is 3. The zero-order chi connectivity index (χ0) is 17.0. The fourth-order valence-electron chi connectivity index (χ4n) is 3.01. The number of aromatic nitrogens is 3. The molecule has 1 N–H and O–H groups in total. The van der Waals surface area contributed by atoms with Gasteiger partial charge in [-0.2, -0.15) is 0 Å². The van der Waals surface area contributed by atoms with Crippen LogP contribution in [0.25, 0.3) is 5.82 Å². The van der Waals surface area contributed by atoms with Crippen molar-refractivity contribution in [3.8, 4) is 5.82 Å². The number of hydrogen-bond acceptors (Lipinski definition) is 5. The summed E-state index contributed by atoms with van der Waals surface area (Å²) in [5.41, 5.74) is -0.463. The van der Waals surface area contributed by atoms with Gasteiger partial charge in [0.25, 0.3) is 5.91 Å². The molecule has 0 atom stereocenters. The molecule has 0 bridgehead atoms. The molecule has 1 aliphatic carbocycles. The van der Waals surface area contributed by atoms with Crippen LogP contribution in [0.5, 0.6) is 0 Å². The van der Waals surface area contributed by atoms with Crippen LogP contribution < -0.4 is 5.32 Å². The molecule has 3 rings (SSSR count). The smallest absolute Gasteiger partial charge is 0.331 e. The summed E-state index contributed by atoms with van der Waals surface area (Å²) in [6.07, 6.45) is 9.58. The van der Waals surface area contributed by atoms with Crippen molar-refractivity contribution in [2.45, 2.75) is 38.1 Å². The Balaban J connectivity index is 1.81. The second-order valence-electron chi connectivity index (χ2n) is 5.84. The predicted molar refractivity (Wildman–Crippen MR) is 86.7 cm³/mol. The topological polar surface area (TPSA) is 86.1 Å². The number of carbonyl (C=O) groups excluding carboxylic acids is 2. The van der Waals surface area contributed by atoms with Gasteiger partial charge in [0.05, 0.1) is 6.61 Å². The van der Waals surface area contributed by atoms with Gasteiger partial charge in [0.15, 0.2) is 0 Å². The average Bonchev–Trinajstić information content (AvgIpc) is 3.28. The van der Waals surface area contributed by atoms with Gasteiger partial charge in [0, 0.05) is 24.2 Å². The highest BCUT2D eigenvalue weighted by Gasteiger charge is 2.44. The lowest BCUT2D eigenvalue weighted by atomic mass is 9.97. The molecule has 1 amide bonds. The molecule has 0 aromatic carbocycles. The Morgan fingerprint density at radius 2 is 2.12 bits per heavy atom. The number of amides is 1. The van der Waals surface area contributed by atoms with Gasteiger partial charge in [-0.1, -0.05) is 12.8 Å². The van der Waals surface area contributed by atoms with Crippen molar-refractivity contribution in [3.63, 3.8) is 0 Å². The van der Waals surface area contributed by atoms with E-state index in [4.69, 9.17) is 4.74 Å². The van der Waals surface area contributed by atoms with Crippen LogP contribution in [-0.2, 0) is 9.53 Å². The standard InChI is InChI=1S/C17H20N4O3/c1-2-24-16(23)17(6-3-4-7-17)20-15(22)13-5-8-19-14(11-13)21-10-9-18-12-21/h5,8-12H,2-4,6-7H2,1H3,(H,20,22). The normalized spacial score (nSPS) is 15.9. The first kappa shape index (κ1) is 16.2. The van der Waals surface area contributed by atoms with Crippen molar-refractivity contribution in [1.82, 2.24) is 19.9 Å². The van der Waals surface area contributed by atoms with E-state index in [-0.39, 0.29) is 11.9 Å². The van der Waals surface area contributed by atoms with Crippen molar-refractivity contribution in [2.24, 2.45) is 0 Å². The lowest BCUT2D eigenvalue weighted by Crippen LogP contribution is -2.53. The Morgan fingerprint density at radius 3 is 2.79 bits per heavy atom. The number of nitrogens with one attached hydrogen (secondary N) is 1. The summed E-state index contributed by atoms with van der Waals surface area (Å²) in [6.45, 7) is 2.07. The number of hydrogen-bond donors (Lipinski definition) is 1. The molecule has 1 aliphatic rings. The third kappa shape index (κ3) is 3.15. The summed E-state index contributed by atoms with van der Waals surface area (Å²) in [5.74, 6) is -0.0507. The first-order valence-corrected chi connectivity index (χ1v) is 8.09. The van der Waals surface area contributed by atoms with Crippen LogP contribution in [0.1, 0.15) is 43.0 Å². The maximum absolute atomic E-state index is 12.7. The van der Waals surface area contributed by atoms with Gasteiger partial charge in [0.1, 0.15) is 17.7 Å². The zero-order valence-electron chi connectivity index (χ0n) is 13.6. The van der Waals surface area contributed by atoms with Gasteiger partial charge in [-0.25, -0.2) is 14.8 Å². The van der Waals surface area contributed by atoms with E-state index in [9.17, 15) is 9.59 Å². The second kappa shape index (κ2) is 6.82. The van der Waals surface area contributed by atoms with Gasteiger partial charge in [-0.3, -0.25) is 9.36 Å². The second-order valence-corrected chi connectivity index (χ2v) is 5.84. The van der Waals surface area contributed by atoms with Gasteiger partial charge in [-0.15, -0.1) is 0 Å². The van der Waals surface area contributed by atoms with E-state index in [1.807, 2.05) is 0 Å². The van der Waals surface area contributed by atoms with Gasteiger partial charge < -0.3 is 10.1 Å². The lowest BCUT2D eigenvalue weighted by molar-refractivity contribution is -0.150. The van der Waals surface area contributed by atoms with Crippen LogP contribution in [0, 0.1) is 0 Å². The van der Waals surface area contributed by atoms with E-state index in [0.29, 0.717) is 30.8 Å². The largest absolute Gasteiger partial charge is 0.464 e. The highest BCUT2D eigenvalue weighted by Crippen LogP contribution is 2.31. The Bertz CT molecular complexity index is 721. The Hall–Kier alpha value is -2.70. The highest BCUT2D eigenvalue weighted by molar-refractivity contribution is 5.98. The van der Waals surface area contributed by atoms with Gasteiger partial charge >= 0.3 is 5.97 Å². The molecular weight excluding hydrogens is 308 g/mol. The Kier molecular flexibility index (Phi) is 4.59. The monoisotopic (exact) mass is 328 g/mol. The summed E-state index contributed by atoms with van der Waals surface area (Å²) in [7, 11) is 0. The summed E-state index contributed by atoms with van der Waals surface area (Å²) in [6, 6.07) is 3.30. The Morgan fingerprint density at radius 1 is 1.33 bits per heavy atom. The highest BCUT2D eigenvalue weighted by atomic mass is 16.5. The number of ether oxygens (including phenoxy) is 1. The fraction of sp³-hybridized carbons (Fsp3) is 0.412. The molecule has 7 heteroatoms. The first-order valence-electron chi connectivity index (χ1n) is 8.09. The molecule has 2 aromatic heterocycles. The molecule has 0 saturated heterocycles. The third-order valence-electron chi connectivity index (χ3n) is 4.25.